The summed E-state index contributed by atoms with van der Waals surface area (Å²) in [6.45, 7) is 2.53. The molecule has 3 rings (SSSR count). The fourth-order valence-corrected chi connectivity index (χ4v) is 2.92. The maximum atomic E-state index is 12.1. The molecule has 132 valence electrons. The van der Waals surface area contributed by atoms with Crippen LogP contribution in [-0.4, -0.2) is 28.4 Å². The minimum Gasteiger partial charge on any atom is -0.494 e. The first-order valence-electron chi connectivity index (χ1n) is 7.88. The molecule has 3 aromatic rings. The van der Waals surface area contributed by atoms with Crippen LogP contribution in [0.25, 0.3) is 10.6 Å². The van der Waals surface area contributed by atoms with Gasteiger partial charge in [-0.25, -0.2) is 4.98 Å². The zero-order valence-electron chi connectivity index (χ0n) is 13.9. The highest BCUT2D eigenvalue weighted by molar-refractivity contribution is 7.13. The van der Waals surface area contributed by atoms with Crippen molar-refractivity contribution in [1.82, 2.24) is 20.8 Å². The van der Waals surface area contributed by atoms with Gasteiger partial charge in [-0.1, -0.05) is 6.07 Å². The van der Waals surface area contributed by atoms with E-state index < -0.39 is 11.8 Å². The molecule has 0 saturated heterocycles. The van der Waals surface area contributed by atoms with E-state index in [0.29, 0.717) is 11.6 Å². The standard InChI is InChI=1S/C18H16N4O3S/c1-2-25-13-8-6-12(7-9-13)18-20-15(11-26-18)17(24)22-21-16(23)14-5-3-4-10-19-14/h3-11H,2H2,1H3,(H,21,23)(H,22,24). The van der Waals surface area contributed by atoms with Crippen molar-refractivity contribution < 1.29 is 14.3 Å². The number of hydrogen-bond donors (Lipinski definition) is 2. The maximum Gasteiger partial charge on any atom is 0.289 e. The van der Waals surface area contributed by atoms with Gasteiger partial charge in [-0.05, 0) is 43.3 Å². The normalized spacial score (nSPS) is 10.2. The second kappa shape index (κ2) is 8.21. The minimum absolute atomic E-state index is 0.209. The highest BCUT2D eigenvalue weighted by atomic mass is 32.1. The van der Waals surface area contributed by atoms with E-state index in [4.69, 9.17) is 4.74 Å². The zero-order valence-corrected chi connectivity index (χ0v) is 14.7. The summed E-state index contributed by atoms with van der Waals surface area (Å²) in [5, 5.41) is 2.34. The number of amides is 2. The molecule has 2 heterocycles. The highest BCUT2D eigenvalue weighted by Gasteiger charge is 2.13. The van der Waals surface area contributed by atoms with Gasteiger partial charge in [0.2, 0.25) is 0 Å². The van der Waals surface area contributed by atoms with Crippen LogP contribution in [0, 0.1) is 0 Å². The largest absolute Gasteiger partial charge is 0.494 e. The first-order chi connectivity index (χ1) is 12.7. The number of benzene rings is 1. The molecule has 7 nitrogen and oxygen atoms in total. The average Bonchev–Trinajstić information content (AvgIpc) is 3.18. The molecule has 0 fully saturated rings. The third-order valence-electron chi connectivity index (χ3n) is 3.34. The van der Waals surface area contributed by atoms with Gasteiger partial charge in [-0.15, -0.1) is 11.3 Å². The van der Waals surface area contributed by atoms with Crippen LogP contribution in [0.1, 0.15) is 27.9 Å². The first-order valence-corrected chi connectivity index (χ1v) is 8.76. The number of nitrogens with zero attached hydrogens (tertiary/aromatic N) is 2. The Hall–Kier alpha value is -3.26. The Kier molecular flexibility index (Phi) is 5.55. The van der Waals surface area contributed by atoms with Crippen LogP contribution < -0.4 is 15.6 Å². The van der Waals surface area contributed by atoms with Crippen molar-refractivity contribution in [3.05, 3.63) is 65.4 Å². The average molecular weight is 368 g/mol. The molecule has 2 amide bonds. The van der Waals surface area contributed by atoms with Crippen LogP contribution in [0.3, 0.4) is 0 Å². The number of hydrogen-bond acceptors (Lipinski definition) is 6. The van der Waals surface area contributed by atoms with E-state index >= 15 is 0 Å². The van der Waals surface area contributed by atoms with Gasteiger partial charge in [0.25, 0.3) is 11.8 Å². The minimum atomic E-state index is -0.499. The molecule has 0 aliphatic carbocycles. The summed E-state index contributed by atoms with van der Waals surface area (Å²) < 4.78 is 5.40. The van der Waals surface area contributed by atoms with Crippen LogP contribution in [0.2, 0.25) is 0 Å². The number of pyridine rings is 1. The summed E-state index contributed by atoms with van der Waals surface area (Å²) in [6, 6.07) is 12.4. The van der Waals surface area contributed by atoms with Crippen LogP contribution >= 0.6 is 11.3 Å². The number of hydrazine groups is 1. The molecule has 8 heteroatoms. The van der Waals surface area contributed by atoms with E-state index in [0.717, 1.165) is 11.3 Å². The van der Waals surface area contributed by atoms with Crippen molar-refractivity contribution in [2.24, 2.45) is 0 Å². The lowest BCUT2D eigenvalue weighted by atomic mass is 10.2. The van der Waals surface area contributed by atoms with Gasteiger partial charge in [-0.2, -0.15) is 0 Å². The van der Waals surface area contributed by atoms with Crippen molar-refractivity contribution in [3.63, 3.8) is 0 Å². The number of thiazole rings is 1. The summed E-state index contributed by atoms with van der Waals surface area (Å²) in [7, 11) is 0. The zero-order chi connectivity index (χ0) is 18.4. The third kappa shape index (κ3) is 4.22. The number of ether oxygens (including phenoxy) is 1. The molecule has 0 unspecified atom stereocenters. The molecule has 0 aliphatic rings. The van der Waals surface area contributed by atoms with Crippen LogP contribution in [0.5, 0.6) is 5.75 Å². The molecule has 0 aliphatic heterocycles. The molecule has 26 heavy (non-hydrogen) atoms. The Morgan fingerprint density at radius 2 is 1.77 bits per heavy atom. The molecule has 1 aromatic carbocycles. The van der Waals surface area contributed by atoms with Crippen LogP contribution in [0.4, 0.5) is 0 Å². The second-order valence-electron chi connectivity index (χ2n) is 5.12. The van der Waals surface area contributed by atoms with Crippen LogP contribution in [0.15, 0.2) is 54.0 Å². The Bertz CT molecular complexity index is 894. The smallest absolute Gasteiger partial charge is 0.289 e. The molecule has 0 atom stereocenters. The summed E-state index contributed by atoms with van der Waals surface area (Å²) >= 11 is 1.34. The van der Waals surface area contributed by atoms with Gasteiger partial charge in [0.15, 0.2) is 0 Å². The van der Waals surface area contributed by atoms with Gasteiger partial charge < -0.3 is 4.74 Å². The van der Waals surface area contributed by atoms with Crippen molar-refractivity contribution in [1.29, 1.82) is 0 Å². The Balaban J connectivity index is 1.62. The lowest BCUT2D eigenvalue weighted by Crippen LogP contribution is -2.42. The summed E-state index contributed by atoms with van der Waals surface area (Å²) in [4.78, 5) is 32.2. The molecular formula is C18H16N4O3S. The maximum absolute atomic E-state index is 12.1. The fourth-order valence-electron chi connectivity index (χ4n) is 2.11. The van der Waals surface area contributed by atoms with E-state index in [2.05, 4.69) is 20.8 Å². The molecule has 2 aromatic heterocycles. The van der Waals surface area contributed by atoms with Gasteiger partial charge in [-0.3, -0.25) is 25.4 Å². The van der Waals surface area contributed by atoms with E-state index in [1.165, 1.54) is 17.5 Å². The van der Waals surface area contributed by atoms with Gasteiger partial charge in [0, 0.05) is 17.1 Å². The molecular weight excluding hydrogens is 352 g/mol. The van der Waals surface area contributed by atoms with E-state index in [1.807, 2.05) is 31.2 Å². The first kappa shape index (κ1) is 17.6. The fraction of sp³-hybridized carbons (Fsp3) is 0.111. The second-order valence-corrected chi connectivity index (χ2v) is 5.98. The quantitative estimate of drug-likeness (QED) is 0.676. The molecule has 0 radical (unpaired) electrons. The molecule has 0 bridgehead atoms. The topological polar surface area (TPSA) is 93.2 Å². The predicted molar refractivity (Wildman–Crippen MR) is 97.9 cm³/mol. The molecule has 0 saturated carbocycles. The van der Waals surface area contributed by atoms with E-state index in [9.17, 15) is 9.59 Å². The Morgan fingerprint density at radius 1 is 1.04 bits per heavy atom. The van der Waals surface area contributed by atoms with Crippen molar-refractivity contribution in [3.8, 4) is 16.3 Å². The molecule has 0 spiro atoms. The van der Waals surface area contributed by atoms with Gasteiger partial charge >= 0.3 is 0 Å². The number of rotatable bonds is 5. The molecule has 2 N–H and O–H groups in total. The SMILES string of the molecule is CCOc1ccc(-c2nc(C(=O)NNC(=O)c3ccccn3)cs2)cc1. The highest BCUT2D eigenvalue weighted by Crippen LogP contribution is 2.25. The van der Waals surface area contributed by atoms with E-state index in [1.54, 1.807) is 23.6 Å². The predicted octanol–water partition coefficient (Wildman–Crippen LogP) is 2.68. The van der Waals surface area contributed by atoms with Crippen molar-refractivity contribution in [2.75, 3.05) is 6.61 Å². The number of carbonyl (C=O) groups is 2. The monoisotopic (exact) mass is 368 g/mol. The van der Waals surface area contributed by atoms with Gasteiger partial charge in [0.05, 0.1) is 6.61 Å². The lowest BCUT2D eigenvalue weighted by molar-refractivity contribution is 0.0841. The van der Waals surface area contributed by atoms with Crippen LogP contribution in [-0.2, 0) is 0 Å². The number of aromatic nitrogens is 2. The Labute approximate surface area is 154 Å². The van der Waals surface area contributed by atoms with Crippen molar-refractivity contribution >= 4 is 23.2 Å². The lowest BCUT2D eigenvalue weighted by Gasteiger charge is -2.05. The van der Waals surface area contributed by atoms with Crippen molar-refractivity contribution in [2.45, 2.75) is 6.92 Å². The number of carbonyl (C=O) groups excluding carboxylic acids is 2. The van der Waals surface area contributed by atoms with Gasteiger partial charge in [0.1, 0.15) is 22.1 Å². The van der Waals surface area contributed by atoms with E-state index in [-0.39, 0.29) is 11.4 Å². The summed E-state index contributed by atoms with van der Waals surface area (Å²) in [6.07, 6.45) is 1.50. The summed E-state index contributed by atoms with van der Waals surface area (Å²) in [5.74, 6) is -0.216. The number of nitrogens with one attached hydrogen (secondary N) is 2. The Morgan fingerprint density at radius 3 is 2.42 bits per heavy atom. The third-order valence-corrected chi connectivity index (χ3v) is 4.23. The summed E-state index contributed by atoms with van der Waals surface area (Å²) in [5.41, 5.74) is 5.96.